The van der Waals surface area contributed by atoms with Gasteiger partial charge in [0.15, 0.2) is 0 Å². The average molecular weight is 190 g/mol. The minimum absolute atomic E-state index is 0.676. The predicted molar refractivity (Wildman–Crippen MR) is 58.0 cm³/mol. The van der Waals surface area contributed by atoms with Gasteiger partial charge in [-0.05, 0) is 18.3 Å². The van der Waals surface area contributed by atoms with Crippen LogP contribution in [0.4, 0.5) is 0 Å². The standard InChI is InChI=1S/C6H14O.C5H12O/c1-6(2)4-5-7-3;1-5(2)4-6-3/h6H,4-5H2,1-3H3;5H,4H2,1-3H3. The van der Waals surface area contributed by atoms with Crippen LogP contribution in [0.5, 0.6) is 0 Å². The molecule has 0 saturated heterocycles. The molecule has 0 fully saturated rings. The van der Waals surface area contributed by atoms with Gasteiger partial charge < -0.3 is 9.47 Å². The number of hydrogen-bond acceptors (Lipinski definition) is 2. The van der Waals surface area contributed by atoms with E-state index >= 15 is 0 Å². The van der Waals surface area contributed by atoms with Crippen LogP contribution in [-0.2, 0) is 9.47 Å². The molecule has 0 heterocycles. The highest BCUT2D eigenvalue weighted by Crippen LogP contribution is 1.96. The summed E-state index contributed by atoms with van der Waals surface area (Å²) < 4.78 is 9.66. The third-order valence-corrected chi connectivity index (χ3v) is 1.40. The Labute approximate surface area is 83.6 Å². The number of ether oxygens (including phenoxy) is 2. The van der Waals surface area contributed by atoms with Gasteiger partial charge in [0, 0.05) is 27.4 Å². The van der Waals surface area contributed by atoms with Gasteiger partial charge in [0.25, 0.3) is 0 Å². The maximum absolute atomic E-state index is 4.85. The molecule has 0 aromatic carbocycles. The van der Waals surface area contributed by atoms with E-state index in [1.54, 1.807) is 14.2 Å². The molecule has 0 N–H and O–H groups in total. The van der Waals surface area contributed by atoms with E-state index in [0.717, 1.165) is 19.1 Å². The molecule has 0 bridgehead atoms. The molecule has 0 saturated carbocycles. The highest BCUT2D eigenvalue weighted by atomic mass is 16.5. The van der Waals surface area contributed by atoms with Crippen LogP contribution >= 0.6 is 0 Å². The Morgan fingerprint density at radius 1 is 0.846 bits per heavy atom. The Morgan fingerprint density at radius 2 is 1.38 bits per heavy atom. The van der Waals surface area contributed by atoms with E-state index in [-0.39, 0.29) is 0 Å². The normalized spacial score (nSPS) is 10.2. The molecular weight excluding hydrogens is 164 g/mol. The molecule has 13 heavy (non-hydrogen) atoms. The second-order valence-electron chi connectivity index (χ2n) is 4.02. The van der Waals surface area contributed by atoms with Gasteiger partial charge in [0.1, 0.15) is 0 Å². The minimum Gasteiger partial charge on any atom is -0.385 e. The van der Waals surface area contributed by atoms with Crippen molar-refractivity contribution < 1.29 is 9.47 Å². The van der Waals surface area contributed by atoms with E-state index in [9.17, 15) is 0 Å². The molecule has 82 valence electrons. The second kappa shape index (κ2) is 11.9. The van der Waals surface area contributed by atoms with Crippen molar-refractivity contribution in [1.82, 2.24) is 0 Å². The van der Waals surface area contributed by atoms with Crippen LogP contribution in [-0.4, -0.2) is 27.4 Å². The fraction of sp³-hybridized carbons (Fsp3) is 1.00. The summed E-state index contributed by atoms with van der Waals surface area (Å²) in [5.41, 5.74) is 0. The van der Waals surface area contributed by atoms with Gasteiger partial charge in [-0.25, -0.2) is 0 Å². The van der Waals surface area contributed by atoms with E-state index in [4.69, 9.17) is 9.47 Å². The molecule has 0 spiro atoms. The molecule has 0 aromatic heterocycles. The Hall–Kier alpha value is -0.0800. The molecule has 0 aliphatic carbocycles. The van der Waals surface area contributed by atoms with Crippen molar-refractivity contribution in [3.8, 4) is 0 Å². The zero-order valence-corrected chi connectivity index (χ0v) is 10.1. The summed E-state index contributed by atoms with van der Waals surface area (Å²) in [6, 6.07) is 0. The third-order valence-electron chi connectivity index (χ3n) is 1.40. The quantitative estimate of drug-likeness (QED) is 0.663. The lowest BCUT2D eigenvalue weighted by Gasteiger charge is -1.99. The second-order valence-corrected chi connectivity index (χ2v) is 4.02. The molecule has 0 aliphatic heterocycles. The number of hydrogen-bond donors (Lipinski definition) is 0. The molecule has 0 aliphatic rings. The zero-order chi connectivity index (χ0) is 10.7. The van der Waals surface area contributed by atoms with Crippen LogP contribution in [0.1, 0.15) is 34.1 Å². The molecule has 0 atom stereocenters. The Kier molecular flexibility index (Phi) is 14.1. The minimum atomic E-state index is 0.676. The Balaban J connectivity index is 0. The molecule has 2 nitrogen and oxygen atoms in total. The maximum atomic E-state index is 4.85. The molecule has 0 radical (unpaired) electrons. The zero-order valence-electron chi connectivity index (χ0n) is 10.1. The summed E-state index contributed by atoms with van der Waals surface area (Å²) in [7, 11) is 3.46. The Bertz CT molecular complexity index is 80.2. The summed E-state index contributed by atoms with van der Waals surface area (Å²) in [6.07, 6.45) is 1.18. The lowest BCUT2D eigenvalue weighted by molar-refractivity contribution is 0.167. The Morgan fingerprint density at radius 3 is 1.46 bits per heavy atom. The number of rotatable bonds is 5. The largest absolute Gasteiger partial charge is 0.385 e. The maximum Gasteiger partial charge on any atom is 0.0485 e. The van der Waals surface area contributed by atoms with Crippen molar-refractivity contribution in [2.45, 2.75) is 34.1 Å². The number of methoxy groups -OCH3 is 2. The first-order valence-corrected chi connectivity index (χ1v) is 5.02. The van der Waals surface area contributed by atoms with Crippen LogP contribution in [0.2, 0.25) is 0 Å². The highest BCUT2D eigenvalue weighted by Gasteiger charge is 1.89. The van der Waals surface area contributed by atoms with Crippen LogP contribution < -0.4 is 0 Å². The molecule has 0 unspecified atom stereocenters. The van der Waals surface area contributed by atoms with Crippen LogP contribution in [0.15, 0.2) is 0 Å². The average Bonchev–Trinajstić information content (AvgIpc) is 2.01. The fourth-order valence-electron chi connectivity index (χ4n) is 0.687. The summed E-state index contributed by atoms with van der Waals surface area (Å²) in [6.45, 7) is 10.4. The van der Waals surface area contributed by atoms with Crippen molar-refractivity contribution in [3.05, 3.63) is 0 Å². The van der Waals surface area contributed by atoms with E-state index in [2.05, 4.69) is 27.7 Å². The summed E-state index contributed by atoms with van der Waals surface area (Å²) in [5.74, 6) is 1.45. The molecule has 0 amide bonds. The lowest BCUT2D eigenvalue weighted by Crippen LogP contribution is -1.96. The summed E-state index contributed by atoms with van der Waals surface area (Å²) in [5, 5.41) is 0. The van der Waals surface area contributed by atoms with Gasteiger partial charge in [-0.2, -0.15) is 0 Å². The van der Waals surface area contributed by atoms with Crippen molar-refractivity contribution in [2.75, 3.05) is 27.4 Å². The molecule has 0 aromatic rings. The van der Waals surface area contributed by atoms with Crippen molar-refractivity contribution in [3.63, 3.8) is 0 Å². The first-order chi connectivity index (χ1) is 6.04. The van der Waals surface area contributed by atoms with Crippen LogP contribution in [0.25, 0.3) is 0 Å². The lowest BCUT2D eigenvalue weighted by atomic mass is 10.1. The molecule has 0 rings (SSSR count). The van der Waals surface area contributed by atoms with Crippen molar-refractivity contribution in [1.29, 1.82) is 0 Å². The van der Waals surface area contributed by atoms with Crippen LogP contribution in [0, 0.1) is 11.8 Å². The van der Waals surface area contributed by atoms with Crippen LogP contribution in [0.3, 0.4) is 0 Å². The van der Waals surface area contributed by atoms with Crippen molar-refractivity contribution in [2.24, 2.45) is 11.8 Å². The predicted octanol–water partition coefficient (Wildman–Crippen LogP) is 2.97. The van der Waals surface area contributed by atoms with Crippen molar-refractivity contribution >= 4 is 0 Å². The molecule has 2 heteroatoms. The van der Waals surface area contributed by atoms with Gasteiger partial charge in [-0.3, -0.25) is 0 Å². The van der Waals surface area contributed by atoms with E-state index in [0.29, 0.717) is 5.92 Å². The van der Waals surface area contributed by atoms with Gasteiger partial charge in [-0.15, -0.1) is 0 Å². The molecular formula is C11H26O2. The topological polar surface area (TPSA) is 18.5 Å². The fourth-order valence-corrected chi connectivity index (χ4v) is 0.687. The first kappa shape index (κ1) is 15.4. The summed E-state index contributed by atoms with van der Waals surface area (Å²) in [4.78, 5) is 0. The SMILES string of the molecule is COCC(C)C.COCCC(C)C. The van der Waals surface area contributed by atoms with Gasteiger partial charge in [0.2, 0.25) is 0 Å². The van der Waals surface area contributed by atoms with Gasteiger partial charge in [-0.1, -0.05) is 27.7 Å². The van der Waals surface area contributed by atoms with E-state index < -0.39 is 0 Å². The summed E-state index contributed by atoms with van der Waals surface area (Å²) >= 11 is 0. The first-order valence-electron chi connectivity index (χ1n) is 5.02. The monoisotopic (exact) mass is 190 g/mol. The van der Waals surface area contributed by atoms with E-state index in [1.165, 1.54) is 6.42 Å². The third kappa shape index (κ3) is 24.5. The van der Waals surface area contributed by atoms with Gasteiger partial charge in [0.05, 0.1) is 0 Å². The van der Waals surface area contributed by atoms with Gasteiger partial charge >= 0.3 is 0 Å². The van der Waals surface area contributed by atoms with E-state index in [1.807, 2.05) is 0 Å². The smallest absolute Gasteiger partial charge is 0.0485 e. The highest BCUT2D eigenvalue weighted by molar-refractivity contribution is 4.40.